The van der Waals surface area contributed by atoms with Crippen molar-refractivity contribution in [1.29, 1.82) is 0 Å². The summed E-state index contributed by atoms with van der Waals surface area (Å²) < 4.78 is 5.07. The Kier molecular flexibility index (Phi) is 4.44. The van der Waals surface area contributed by atoms with Crippen molar-refractivity contribution in [2.75, 3.05) is 5.32 Å². The average molecular weight is 339 g/mol. The molecule has 0 radical (unpaired) electrons. The number of aryl methyl sites for hydroxylation is 1. The molecule has 6 nitrogen and oxygen atoms in total. The van der Waals surface area contributed by atoms with Crippen molar-refractivity contribution in [3.63, 3.8) is 0 Å². The molecule has 0 aliphatic rings. The van der Waals surface area contributed by atoms with Gasteiger partial charge < -0.3 is 9.73 Å². The molecule has 0 aliphatic carbocycles. The monoisotopic (exact) mass is 339 g/mol. The zero-order valence-electron chi connectivity index (χ0n) is 14.6. The molecular formula is C19H21N3O3. The SMILES string of the molecule is CC(C)(C)CCc1n[nH]c(=O)c2cc(NC(=O)c3ccco3)ccc12. The number of anilines is 1. The molecular weight excluding hydrogens is 318 g/mol. The number of carbonyl (C=O) groups excluding carboxylic acids is 1. The van der Waals surface area contributed by atoms with Gasteiger partial charge in [0.1, 0.15) is 0 Å². The molecule has 0 saturated carbocycles. The van der Waals surface area contributed by atoms with Gasteiger partial charge in [0.25, 0.3) is 11.5 Å². The number of aromatic amines is 1. The van der Waals surface area contributed by atoms with Crippen LogP contribution in [0.5, 0.6) is 0 Å². The highest BCUT2D eigenvalue weighted by Gasteiger charge is 2.14. The molecule has 0 aliphatic heterocycles. The van der Waals surface area contributed by atoms with E-state index < -0.39 is 0 Å². The van der Waals surface area contributed by atoms with Crippen molar-refractivity contribution in [2.45, 2.75) is 33.6 Å². The highest BCUT2D eigenvalue weighted by molar-refractivity contribution is 6.03. The van der Waals surface area contributed by atoms with Crippen LogP contribution in [0.25, 0.3) is 10.8 Å². The van der Waals surface area contributed by atoms with E-state index in [9.17, 15) is 9.59 Å². The second kappa shape index (κ2) is 6.55. The molecule has 1 aromatic carbocycles. The van der Waals surface area contributed by atoms with E-state index in [1.807, 2.05) is 6.07 Å². The summed E-state index contributed by atoms with van der Waals surface area (Å²) in [6, 6.07) is 8.49. The number of aromatic nitrogens is 2. The lowest BCUT2D eigenvalue weighted by Gasteiger charge is -2.17. The number of rotatable bonds is 4. The predicted molar refractivity (Wildman–Crippen MR) is 96.8 cm³/mol. The van der Waals surface area contributed by atoms with E-state index in [2.05, 4.69) is 36.3 Å². The number of benzene rings is 1. The highest BCUT2D eigenvalue weighted by atomic mass is 16.3. The Balaban J connectivity index is 1.91. The second-order valence-electron chi connectivity index (χ2n) is 7.25. The summed E-state index contributed by atoms with van der Waals surface area (Å²) in [6.45, 7) is 6.51. The second-order valence-corrected chi connectivity index (χ2v) is 7.25. The standard InChI is InChI=1S/C19H21N3O3/c1-19(2,3)9-8-15-13-7-6-12(11-14(13)17(23)22-21-15)20-18(24)16-5-4-10-25-16/h4-7,10-11H,8-9H2,1-3H3,(H,20,24)(H,22,23). The first kappa shape index (κ1) is 17.0. The summed E-state index contributed by atoms with van der Waals surface area (Å²) in [7, 11) is 0. The van der Waals surface area contributed by atoms with Crippen LogP contribution in [0.15, 0.2) is 45.8 Å². The lowest BCUT2D eigenvalue weighted by atomic mass is 9.89. The third-order valence-electron chi connectivity index (χ3n) is 3.98. The molecule has 0 unspecified atom stereocenters. The van der Waals surface area contributed by atoms with E-state index in [4.69, 9.17) is 4.42 Å². The predicted octanol–water partition coefficient (Wildman–Crippen LogP) is 3.75. The van der Waals surface area contributed by atoms with Gasteiger partial charge in [0.15, 0.2) is 5.76 Å². The molecule has 0 atom stereocenters. The van der Waals surface area contributed by atoms with Crippen molar-refractivity contribution < 1.29 is 9.21 Å². The normalized spacial score (nSPS) is 11.6. The van der Waals surface area contributed by atoms with Crippen LogP contribution in [0.4, 0.5) is 5.69 Å². The van der Waals surface area contributed by atoms with Gasteiger partial charge >= 0.3 is 0 Å². The van der Waals surface area contributed by atoms with Crippen LogP contribution in [0.3, 0.4) is 0 Å². The highest BCUT2D eigenvalue weighted by Crippen LogP contribution is 2.24. The number of furan rings is 1. The van der Waals surface area contributed by atoms with Gasteiger partial charge in [-0.2, -0.15) is 5.10 Å². The van der Waals surface area contributed by atoms with Crippen molar-refractivity contribution in [3.8, 4) is 0 Å². The van der Waals surface area contributed by atoms with Crippen LogP contribution in [0.1, 0.15) is 43.4 Å². The Morgan fingerprint density at radius 2 is 2.04 bits per heavy atom. The van der Waals surface area contributed by atoms with Gasteiger partial charge in [-0.1, -0.05) is 26.8 Å². The molecule has 6 heteroatoms. The van der Waals surface area contributed by atoms with Gasteiger partial charge in [0.2, 0.25) is 0 Å². The number of hydrogen-bond acceptors (Lipinski definition) is 4. The van der Waals surface area contributed by atoms with Crippen molar-refractivity contribution in [3.05, 3.63) is 58.4 Å². The van der Waals surface area contributed by atoms with Crippen LogP contribution in [-0.2, 0) is 6.42 Å². The zero-order chi connectivity index (χ0) is 18.0. The van der Waals surface area contributed by atoms with Crippen LogP contribution in [-0.4, -0.2) is 16.1 Å². The molecule has 2 N–H and O–H groups in total. The molecule has 0 saturated heterocycles. The molecule has 25 heavy (non-hydrogen) atoms. The maximum Gasteiger partial charge on any atom is 0.291 e. The molecule has 2 heterocycles. The lowest BCUT2D eigenvalue weighted by molar-refractivity contribution is 0.0996. The molecule has 1 amide bonds. The van der Waals surface area contributed by atoms with E-state index in [1.165, 1.54) is 6.26 Å². The lowest BCUT2D eigenvalue weighted by Crippen LogP contribution is -2.15. The largest absolute Gasteiger partial charge is 0.459 e. The number of carbonyl (C=O) groups is 1. The molecule has 0 bridgehead atoms. The zero-order valence-corrected chi connectivity index (χ0v) is 14.6. The van der Waals surface area contributed by atoms with Gasteiger partial charge in [-0.25, -0.2) is 5.10 Å². The summed E-state index contributed by atoms with van der Waals surface area (Å²) in [6.07, 6.45) is 3.17. The van der Waals surface area contributed by atoms with Crippen molar-refractivity contribution in [1.82, 2.24) is 10.2 Å². The topological polar surface area (TPSA) is 88.0 Å². The van der Waals surface area contributed by atoms with Crippen molar-refractivity contribution >= 4 is 22.4 Å². The quantitative estimate of drug-likeness (QED) is 0.758. The minimum absolute atomic E-state index is 0.182. The Morgan fingerprint density at radius 3 is 2.72 bits per heavy atom. The van der Waals surface area contributed by atoms with Gasteiger partial charge in [-0.15, -0.1) is 0 Å². The Morgan fingerprint density at radius 1 is 1.24 bits per heavy atom. The number of hydrogen-bond donors (Lipinski definition) is 2. The molecule has 3 aromatic rings. The fraction of sp³-hybridized carbons (Fsp3) is 0.316. The maximum absolute atomic E-state index is 12.1. The van der Waals surface area contributed by atoms with Crippen LogP contribution >= 0.6 is 0 Å². The Labute approximate surface area is 145 Å². The third-order valence-corrected chi connectivity index (χ3v) is 3.98. The maximum atomic E-state index is 12.1. The van der Waals surface area contributed by atoms with E-state index in [0.29, 0.717) is 11.1 Å². The summed E-state index contributed by atoms with van der Waals surface area (Å²) in [5, 5.41) is 10.8. The summed E-state index contributed by atoms with van der Waals surface area (Å²) in [5.41, 5.74) is 1.30. The van der Waals surface area contributed by atoms with Gasteiger partial charge in [-0.3, -0.25) is 9.59 Å². The van der Waals surface area contributed by atoms with E-state index >= 15 is 0 Å². The first-order chi connectivity index (χ1) is 11.8. The summed E-state index contributed by atoms with van der Waals surface area (Å²) in [4.78, 5) is 24.2. The number of nitrogens with zero attached hydrogens (tertiary/aromatic N) is 1. The fourth-order valence-corrected chi connectivity index (χ4v) is 2.58. The summed E-state index contributed by atoms with van der Waals surface area (Å²) >= 11 is 0. The first-order valence-corrected chi connectivity index (χ1v) is 8.20. The first-order valence-electron chi connectivity index (χ1n) is 8.20. The van der Waals surface area contributed by atoms with Crippen LogP contribution in [0, 0.1) is 5.41 Å². The smallest absolute Gasteiger partial charge is 0.291 e. The van der Waals surface area contributed by atoms with Crippen molar-refractivity contribution in [2.24, 2.45) is 5.41 Å². The molecule has 0 spiro atoms. The van der Waals surface area contributed by atoms with Gasteiger partial charge in [-0.05, 0) is 42.5 Å². The minimum atomic E-state index is -0.359. The van der Waals surface area contributed by atoms with Gasteiger partial charge in [0.05, 0.1) is 17.3 Å². The minimum Gasteiger partial charge on any atom is -0.459 e. The van der Waals surface area contributed by atoms with Crippen LogP contribution in [0.2, 0.25) is 0 Å². The van der Waals surface area contributed by atoms with Gasteiger partial charge in [0, 0.05) is 11.1 Å². The third kappa shape index (κ3) is 3.96. The fourth-order valence-electron chi connectivity index (χ4n) is 2.58. The number of nitrogens with one attached hydrogen (secondary N) is 2. The number of amides is 1. The number of H-pyrrole nitrogens is 1. The van der Waals surface area contributed by atoms with E-state index in [1.54, 1.807) is 24.3 Å². The Bertz CT molecular complexity index is 950. The molecule has 0 fully saturated rings. The average Bonchev–Trinajstić information content (AvgIpc) is 3.08. The summed E-state index contributed by atoms with van der Waals surface area (Å²) in [5.74, 6) is -0.141. The number of fused-ring (bicyclic) bond motifs is 1. The molecule has 2 aromatic heterocycles. The van der Waals surface area contributed by atoms with Crippen LogP contribution < -0.4 is 10.9 Å². The molecule has 3 rings (SSSR count). The molecule has 130 valence electrons. The van der Waals surface area contributed by atoms with E-state index in [-0.39, 0.29) is 22.6 Å². The van der Waals surface area contributed by atoms with E-state index in [0.717, 1.165) is 23.9 Å². The Hall–Kier alpha value is -2.89.